The van der Waals surface area contributed by atoms with E-state index >= 15 is 0 Å². The molecule has 6 unspecified atom stereocenters. The van der Waals surface area contributed by atoms with Gasteiger partial charge in [-0.2, -0.15) is 0 Å². The predicted octanol–water partition coefficient (Wildman–Crippen LogP) is 13.7. The van der Waals surface area contributed by atoms with Crippen LogP contribution in [0.5, 0.6) is 0 Å². The molecule has 0 spiro atoms. The van der Waals surface area contributed by atoms with Crippen LogP contribution < -0.4 is 0 Å². The van der Waals surface area contributed by atoms with Gasteiger partial charge >= 0.3 is 23.9 Å². The number of hydrogen-bond donors (Lipinski definition) is 3. The Bertz CT molecular complexity index is 1350. The number of aliphatic hydroxyl groups is 2. The minimum atomic E-state index is -1.90. The summed E-state index contributed by atoms with van der Waals surface area (Å²) >= 11 is 0. The van der Waals surface area contributed by atoms with Gasteiger partial charge in [-0.05, 0) is 51.4 Å². The van der Waals surface area contributed by atoms with Crippen LogP contribution in [-0.4, -0.2) is 89.2 Å². The molecule has 1 rings (SSSR count). The number of aliphatic hydroxyl groups excluding tert-OH is 2. The SMILES string of the molecule is CC/C=C\C/C=C\C/C=C\CCCCCCCC(=O)OC1C(OCC(COC(=O)CCCCCCCCCCCCCCC)OC(=O)CCCCCCCCCCCCC)OC(C(=O)O)C(O)C1O. The number of carboxylic acids is 1. The summed E-state index contributed by atoms with van der Waals surface area (Å²) in [6, 6.07) is 0. The molecule has 69 heavy (non-hydrogen) atoms. The third kappa shape index (κ3) is 36.5. The lowest BCUT2D eigenvalue weighted by molar-refractivity contribution is -0.301. The van der Waals surface area contributed by atoms with Crippen LogP contribution in [0.1, 0.15) is 252 Å². The zero-order valence-corrected chi connectivity index (χ0v) is 43.8. The molecule has 0 aliphatic carbocycles. The largest absolute Gasteiger partial charge is 0.479 e. The van der Waals surface area contributed by atoms with Crippen molar-refractivity contribution < 1.29 is 58.2 Å². The maximum atomic E-state index is 13.1. The number of carbonyl (C=O) groups is 4. The maximum absolute atomic E-state index is 13.1. The van der Waals surface area contributed by atoms with Crippen LogP contribution in [0.25, 0.3) is 0 Å². The number of allylic oxidation sites excluding steroid dienone is 6. The molecule has 6 atom stereocenters. The Balaban J connectivity index is 2.70. The van der Waals surface area contributed by atoms with Crippen LogP contribution >= 0.6 is 0 Å². The Morgan fingerprint density at radius 1 is 0.493 bits per heavy atom. The highest BCUT2D eigenvalue weighted by atomic mass is 16.7. The second-order valence-electron chi connectivity index (χ2n) is 19.2. The van der Waals surface area contributed by atoms with E-state index in [-0.39, 0.29) is 25.9 Å². The van der Waals surface area contributed by atoms with Gasteiger partial charge < -0.3 is 39.0 Å². The number of hydrogen-bond acceptors (Lipinski definition) is 11. The molecule has 0 aromatic heterocycles. The molecule has 400 valence electrons. The van der Waals surface area contributed by atoms with Gasteiger partial charge in [0.05, 0.1) is 6.61 Å². The minimum Gasteiger partial charge on any atom is -0.479 e. The van der Waals surface area contributed by atoms with Crippen molar-refractivity contribution >= 4 is 23.9 Å². The monoisotopic (exact) mass is 977 g/mol. The minimum absolute atomic E-state index is 0.0442. The standard InChI is InChI=1S/C57H100O12/c1-4-7-10-13-16-19-22-24-25-27-30-33-36-39-42-45-51(60)68-55-53(62)52(61)54(56(63)64)69-57(55)66-47-48(67-50(59)44-41-38-35-32-28-21-18-15-12-9-6-3)46-65-49(58)43-40-37-34-31-29-26-23-20-17-14-11-8-5-2/h7,10,16,19,24-25,48,52-55,57,61-62H,4-6,8-9,11-15,17-18,20-23,26-47H2,1-3H3,(H,63,64)/b10-7-,19-16-,25-24-. The van der Waals surface area contributed by atoms with Gasteiger partial charge in [0.25, 0.3) is 0 Å². The molecular formula is C57H100O12. The molecule has 3 N–H and O–H groups in total. The summed E-state index contributed by atoms with van der Waals surface area (Å²) in [7, 11) is 0. The zero-order valence-electron chi connectivity index (χ0n) is 43.8. The van der Waals surface area contributed by atoms with E-state index in [0.29, 0.717) is 19.3 Å². The molecule has 0 amide bonds. The van der Waals surface area contributed by atoms with Gasteiger partial charge in [-0.15, -0.1) is 0 Å². The van der Waals surface area contributed by atoms with E-state index in [1.165, 1.54) is 103 Å². The first-order valence-corrected chi connectivity index (χ1v) is 28.0. The van der Waals surface area contributed by atoms with Gasteiger partial charge in [0.1, 0.15) is 18.8 Å². The second kappa shape index (κ2) is 46.0. The summed E-state index contributed by atoms with van der Waals surface area (Å²) in [5.74, 6) is -3.12. The number of ether oxygens (including phenoxy) is 5. The lowest BCUT2D eigenvalue weighted by Crippen LogP contribution is -2.61. The molecule has 12 heteroatoms. The second-order valence-corrected chi connectivity index (χ2v) is 19.2. The van der Waals surface area contributed by atoms with Crippen molar-refractivity contribution in [3.8, 4) is 0 Å². The average molecular weight is 977 g/mol. The van der Waals surface area contributed by atoms with Gasteiger partial charge in [0, 0.05) is 19.3 Å². The first kappa shape index (κ1) is 64.0. The van der Waals surface area contributed by atoms with Crippen LogP contribution in [0.2, 0.25) is 0 Å². The molecule has 0 radical (unpaired) electrons. The number of aliphatic carboxylic acids is 1. The lowest BCUT2D eigenvalue weighted by Gasteiger charge is -2.40. The van der Waals surface area contributed by atoms with E-state index in [0.717, 1.165) is 89.9 Å². The van der Waals surface area contributed by atoms with Gasteiger partial charge in [0.15, 0.2) is 24.6 Å². The Kier molecular flexibility index (Phi) is 42.7. The highest BCUT2D eigenvalue weighted by Crippen LogP contribution is 2.26. The molecule has 0 aromatic rings. The van der Waals surface area contributed by atoms with Crippen molar-refractivity contribution in [2.75, 3.05) is 13.2 Å². The fourth-order valence-electron chi connectivity index (χ4n) is 8.44. The van der Waals surface area contributed by atoms with E-state index in [1.807, 2.05) is 0 Å². The van der Waals surface area contributed by atoms with E-state index < -0.39 is 67.3 Å². The normalized spacial score (nSPS) is 18.9. The average Bonchev–Trinajstić information content (AvgIpc) is 3.33. The Morgan fingerprint density at radius 3 is 1.39 bits per heavy atom. The highest BCUT2D eigenvalue weighted by molar-refractivity contribution is 5.74. The fraction of sp³-hybridized carbons (Fsp3) is 0.825. The Labute approximate surface area is 419 Å². The summed E-state index contributed by atoms with van der Waals surface area (Å²) < 4.78 is 28.3. The summed E-state index contributed by atoms with van der Waals surface area (Å²) in [4.78, 5) is 50.9. The van der Waals surface area contributed by atoms with Crippen molar-refractivity contribution in [1.82, 2.24) is 0 Å². The van der Waals surface area contributed by atoms with E-state index in [1.54, 1.807) is 0 Å². The molecule has 1 aliphatic heterocycles. The van der Waals surface area contributed by atoms with E-state index in [9.17, 15) is 34.5 Å². The van der Waals surface area contributed by atoms with E-state index in [2.05, 4.69) is 57.2 Å². The molecule has 1 saturated heterocycles. The molecule has 1 fully saturated rings. The van der Waals surface area contributed by atoms with Crippen LogP contribution in [0.3, 0.4) is 0 Å². The first-order valence-electron chi connectivity index (χ1n) is 28.0. The summed E-state index contributed by atoms with van der Waals surface area (Å²) in [5, 5.41) is 31.4. The number of unbranched alkanes of at least 4 members (excludes halogenated alkanes) is 27. The van der Waals surface area contributed by atoms with Gasteiger partial charge in [-0.3, -0.25) is 14.4 Å². The smallest absolute Gasteiger partial charge is 0.335 e. The van der Waals surface area contributed by atoms with Crippen molar-refractivity contribution in [2.24, 2.45) is 0 Å². The van der Waals surface area contributed by atoms with Crippen molar-refractivity contribution in [3.63, 3.8) is 0 Å². The number of carbonyl (C=O) groups excluding carboxylic acids is 3. The number of esters is 3. The zero-order chi connectivity index (χ0) is 50.4. The number of rotatable bonds is 47. The third-order valence-corrected chi connectivity index (χ3v) is 12.7. The van der Waals surface area contributed by atoms with E-state index in [4.69, 9.17) is 23.7 Å². The molecule has 12 nitrogen and oxygen atoms in total. The van der Waals surface area contributed by atoms with Crippen molar-refractivity contribution in [3.05, 3.63) is 36.5 Å². The summed E-state index contributed by atoms with van der Waals surface area (Å²) in [6.45, 7) is 5.87. The summed E-state index contributed by atoms with van der Waals surface area (Å²) in [6.07, 6.45) is 39.8. The topological polar surface area (TPSA) is 175 Å². The highest BCUT2D eigenvalue weighted by Gasteiger charge is 2.50. The van der Waals surface area contributed by atoms with Gasteiger partial charge in [-0.1, -0.05) is 218 Å². The molecule has 0 saturated carbocycles. The van der Waals surface area contributed by atoms with Gasteiger partial charge in [-0.25, -0.2) is 4.79 Å². The fourth-order valence-corrected chi connectivity index (χ4v) is 8.44. The van der Waals surface area contributed by atoms with Gasteiger partial charge in [0.2, 0.25) is 0 Å². The first-order chi connectivity index (χ1) is 33.6. The van der Waals surface area contributed by atoms with Crippen LogP contribution in [0.15, 0.2) is 36.5 Å². The molecule has 0 aromatic carbocycles. The van der Waals surface area contributed by atoms with Crippen LogP contribution in [0.4, 0.5) is 0 Å². The quantitative estimate of drug-likeness (QED) is 0.0228. The third-order valence-electron chi connectivity index (χ3n) is 12.7. The maximum Gasteiger partial charge on any atom is 0.335 e. The molecule has 1 heterocycles. The predicted molar refractivity (Wildman–Crippen MR) is 276 cm³/mol. The molecule has 1 aliphatic rings. The number of carboxylic acid groups (broad SMARTS) is 1. The van der Waals surface area contributed by atoms with Crippen LogP contribution in [-0.2, 0) is 42.9 Å². The van der Waals surface area contributed by atoms with Crippen LogP contribution in [0, 0.1) is 0 Å². The van der Waals surface area contributed by atoms with Crippen molar-refractivity contribution in [1.29, 1.82) is 0 Å². The Morgan fingerprint density at radius 2 is 0.913 bits per heavy atom. The summed E-state index contributed by atoms with van der Waals surface area (Å²) in [5.41, 5.74) is 0. The molecular weight excluding hydrogens is 877 g/mol. The molecule has 0 bridgehead atoms. The Hall–Kier alpha value is -3.06. The lowest BCUT2D eigenvalue weighted by atomic mass is 9.98. The van der Waals surface area contributed by atoms with Crippen molar-refractivity contribution in [2.45, 2.75) is 289 Å².